The standard InChI is InChI=1S/C25H34F2O5/c1-15(26)24(28)31-20-9-4-17(5-10-20)19-8-13-22(23(14-19)30-3)18-6-11-21(12-7-18)32-25(29)16(2)27/h8,13-18,20-21H,4-7,9-12H2,1-3H3. The van der Waals surface area contributed by atoms with Gasteiger partial charge in [0.1, 0.15) is 18.0 Å². The van der Waals surface area contributed by atoms with Crippen molar-refractivity contribution in [3.05, 3.63) is 29.3 Å². The first kappa shape index (κ1) is 24.5. The summed E-state index contributed by atoms with van der Waals surface area (Å²) in [7, 11) is 1.67. The molecule has 32 heavy (non-hydrogen) atoms. The zero-order valence-electron chi connectivity index (χ0n) is 19.2. The summed E-state index contributed by atoms with van der Waals surface area (Å²) in [5, 5.41) is 0. The molecule has 0 amide bonds. The van der Waals surface area contributed by atoms with Crippen LogP contribution in [-0.4, -0.2) is 43.6 Å². The Kier molecular flexibility index (Phi) is 8.49. The molecule has 1 aromatic carbocycles. The fourth-order valence-electron chi connectivity index (χ4n) is 4.84. The van der Waals surface area contributed by atoms with Crippen LogP contribution in [0.3, 0.4) is 0 Å². The maximum Gasteiger partial charge on any atom is 0.340 e. The van der Waals surface area contributed by atoms with Gasteiger partial charge in [0.25, 0.3) is 0 Å². The Bertz CT molecular complexity index is 779. The minimum absolute atomic E-state index is 0.206. The second-order valence-electron chi connectivity index (χ2n) is 9.05. The molecule has 2 saturated carbocycles. The first-order chi connectivity index (χ1) is 15.3. The van der Waals surface area contributed by atoms with Crippen molar-refractivity contribution in [1.29, 1.82) is 0 Å². The highest BCUT2D eigenvalue weighted by molar-refractivity contribution is 5.74. The van der Waals surface area contributed by atoms with Crippen molar-refractivity contribution in [3.63, 3.8) is 0 Å². The monoisotopic (exact) mass is 452 g/mol. The molecule has 0 heterocycles. The van der Waals surface area contributed by atoms with Gasteiger partial charge in [0, 0.05) is 0 Å². The number of hydrogen-bond donors (Lipinski definition) is 0. The second-order valence-corrected chi connectivity index (χ2v) is 9.05. The molecule has 2 atom stereocenters. The topological polar surface area (TPSA) is 61.8 Å². The van der Waals surface area contributed by atoms with E-state index in [1.54, 1.807) is 7.11 Å². The van der Waals surface area contributed by atoms with E-state index in [1.807, 2.05) is 0 Å². The summed E-state index contributed by atoms with van der Waals surface area (Å²) in [6.07, 6.45) is 2.78. The van der Waals surface area contributed by atoms with Crippen LogP contribution in [0.4, 0.5) is 8.78 Å². The Morgan fingerprint density at radius 2 is 1.28 bits per heavy atom. The number of carbonyl (C=O) groups is 2. The first-order valence-electron chi connectivity index (χ1n) is 11.7. The maximum absolute atomic E-state index is 13.1. The number of hydrogen-bond acceptors (Lipinski definition) is 5. The Balaban J connectivity index is 1.56. The van der Waals surface area contributed by atoms with Gasteiger partial charge in [-0.15, -0.1) is 0 Å². The fourth-order valence-corrected chi connectivity index (χ4v) is 4.84. The van der Waals surface area contributed by atoms with E-state index in [4.69, 9.17) is 14.2 Å². The number of esters is 2. The summed E-state index contributed by atoms with van der Waals surface area (Å²) in [6, 6.07) is 6.38. The van der Waals surface area contributed by atoms with E-state index in [1.165, 1.54) is 19.4 Å². The summed E-state index contributed by atoms with van der Waals surface area (Å²) in [5.41, 5.74) is 2.35. The summed E-state index contributed by atoms with van der Waals surface area (Å²) < 4.78 is 42.3. The Hall–Kier alpha value is -2.18. The third-order valence-corrected chi connectivity index (χ3v) is 6.73. The van der Waals surface area contributed by atoms with Crippen LogP contribution in [0, 0.1) is 0 Å². The lowest BCUT2D eigenvalue weighted by molar-refractivity contribution is -0.156. The van der Waals surface area contributed by atoms with Gasteiger partial charge in [-0.05, 0) is 94.2 Å². The maximum atomic E-state index is 13.1. The normalized spacial score (nSPS) is 27.8. The number of carbonyl (C=O) groups excluding carboxylic acids is 2. The lowest BCUT2D eigenvalue weighted by atomic mass is 9.79. The van der Waals surface area contributed by atoms with Gasteiger partial charge in [-0.25, -0.2) is 18.4 Å². The molecule has 0 bridgehead atoms. The molecule has 0 radical (unpaired) electrons. The van der Waals surface area contributed by atoms with Gasteiger partial charge in [0.05, 0.1) is 7.11 Å². The fraction of sp³-hybridized carbons (Fsp3) is 0.680. The Morgan fingerprint density at radius 1 is 0.812 bits per heavy atom. The first-order valence-corrected chi connectivity index (χ1v) is 11.7. The van der Waals surface area contributed by atoms with Gasteiger partial charge >= 0.3 is 11.9 Å². The molecule has 178 valence electrons. The molecule has 0 N–H and O–H groups in total. The predicted molar refractivity (Wildman–Crippen MR) is 116 cm³/mol. The molecular formula is C25H34F2O5. The van der Waals surface area contributed by atoms with Crippen LogP contribution in [0.1, 0.15) is 88.2 Å². The number of benzene rings is 1. The van der Waals surface area contributed by atoms with Gasteiger partial charge in [0.15, 0.2) is 12.3 Å². The quantitative estimate of drug-likeness (QED) is 0.508. The van der Waals surface area contributed by atoms with E-state index in [9.17, 15) is 18.4 Å². The van der Waals surface area contributed by atoms with E-state index >= 15 is 0 Å². The van der Waals surface area contributed by atoms with Crippen molar-refractivity contribution in [2.24, 2.45) is 0 Å². The van der Waals surface area contributed by atoms with E-state index in [-0.39, 0.29) is 12.2 Å². The molecule has 0 spiro atoms. The summed E-state index contributed by atoms with van der Waals surface area (Å²) >= 11 is 0. The number of rotatable bonds is 7. The van der Waals surface area contributed by atoms with Crippen LogP contribution in [0.25, 0.3) is 0 Å². The molecule has 2 fully saturated rings. The smallest absolute Gasteiger partial charge is 0.340 e. The lowest BCUT2D eigenvalue weighted by Gasteiger charge is -2.31. The van der Waals surface area contributed by atoms with E-state index in [0.717, 1.165) is 49.8 Å². The number of alkyl halides is 2. The summed E-state index contributed by atoms with van der Waals surface area (Å²) in [4.78, 5) is 23.0. The molecule has 2 aliphatic rings. The minimum Gasteiger partial charge on any atom is -0.496 e. The third-order valence-electron chi connectivity index (χ3n) is 6.73. The van der Waals surface area contributed by atoms with Crippen LogP contribution in [0.5, 0.6) is 5.75 Å². The third kappa shape index (κ3) is 6.20. The van der Waals surface area contributed by atoms with Gasteiger partial charge in [0.2, 0.25) is 0 Å². The molecule has 0 aliphatic heterocycles. The summed E-state index contributed by atoms with van der Waals surface area (Å²) in [6.45, 7) is 2.40. The largest absolute Gasteiger partial charge is 0.496 e. The number of ether oxygens (including phenoxy) is 3. The zero-order chi connectivity index (χ0) is 23.3. The zero-order valence-corrected chi connectivity index (χ0v) is 19.2. The molecule has 5 nitrogen and oxygen atoms in total. The molecule has 0 saturated heterocycles. The van der Waals surface area contributed by atoms with Crippen LogP contribution in [-0.2, 0) is 19.1 Å². The SMILES string of the molecule is COc1cc(C2CCC(OC(=O)C(C)F)CC2)ccc1C1CCC(OC(=O)C(C)F)CC1. The lowest BCUT2D eigenvalue weighted by Crippen LogP contribution is -2.27. The highest BCUT2D eigenvalue weighted by Gasteiger charge is 2.30. The number of methoxy groups -OCH3 is 1. The highest BCUT2D eigenvalue weighted by atomic mass is 19.1. The molecule has 7 heteroatoms. The van der Waals surface area contributed by atoms with Crippen LogP contribution in [0.15, 0.2) is 18.2 Å². The second kappa shape index (κ2) is 11.1. The van der Waals surface area contributed by atoms with Crippen LogP contribution in [0.2, 0.25) is 0 Å². The Labute approximate surface area is 188 Å². The molecule has 2 aliphatic carbocycles. The molecule has 2 unspecified atom stereocenters. The Morgan fingerprint density at radius 3 is 1.72 bits per heavy atom. The van der Waals surface area contributed by atoms with Crippen molar-refractivity contribution < 1.29 is 32.6 Å². The average molecular weight is 453 g/mol. The van der Waals surface area contributed by atoms with Crippen molar-refractivity contribution in [2.75, 3.05) is 7.11 Å². The van der Waals surface area contributed by atoms with Crippen LogP contribution < -0.4 is 4.74 Å². The number of halogens is 2. The van der Waals surface area contributed by atoms with Crippen molar-refractivity contribution in [2.45, 2.75) is 102 Å². The average Bonchev–Trinajstić information content (AvgIpc) is 2.79. The highest BCUT2D eigenvalue weighted by Crippen LogP contribution is 2.41. The van der Waals surface area contributed by atoms with Crippen molar-refractivity contribution in [1.82, 2.24) is 0 Å². The van der Waals surface area contributed by atoms with Gasteiger partial charge in [-0.3, -0.25) is 0 Å². The van der Waals surface area contributed by atoms with Gasteiger partial charge < -0.3 is 14.2 Å². The minimum atomic E-state index is -1.59. The van der Waals surface area contributed by atoms with Crippen molar-refractivity contribution >= 4 is 11.9 Å². The van der Waals surface area contributed by atoms with Crippen LogP contribution >= 0.6 is 0 Å². The molecule has 0 aromatic heterocycles. The van der Waals surface area contributed by atoms with E-state index in [0.29, 0.717) is 24.7 Å². The molecule has 3 rings (SSSR count). The van der Waals surface area contributed by atoms with Gasteiger partial charge in [-0.1, -0.05) is 12.1 Å². The molecule has 1 aromatic rings. The molecular weight excluding hydrogens is 418 g/mol. The van der Waals surface area contributed by atoms with E-state index in [2.05, 4.69) is 18.2 Å². The predicted octanol–water partition coefficient (Wildman–Crippen LogP) is 5.55. The van der Waals surface area contributed by atoms with E-state index < -0.39 is 24.3 Å². The summed E-state index contributed by atoms with van der Waals surface area (Å²) in [5.74, 6) is -0.0227. The van der Waals surface area contributed by atoms with Crippen molar-refractivity contribution in [3.8, 4) is 5.75 Å². The van der Waals surface area contributed by atoms with Gasteiger partial charge in [-0.2, -0.15) is 0 Å².